The highest BCUT2D eigenvalue weighted by atomic mass is 35.5. The molecule has 2 heterocycles. The molecular formula is C21H20ClNO5S2. The van der Waals surface area contributed by atoms with Crippen LogP contribution in [0.3, 0.4) is 0 Å². The summed E-state index contributed by atoms with van der Waals surface area (Å²) in [6, 6.07) is 7.42. The van der Waals surface area contributed by atoms with Crippen molar-refractivity contribution in [2.45, 2.75) is 33.8 Å². The zero-order valence-corrected chi connectivity index (χ0v) is 19.2. The zero-order valence-electron chi connectivity index (χ0n) is 16.8. The normalized spacial score (nSPS) is 11.0. The summed E-state index contributed by atoms with van der Waals surface area (Å²) in [4.78, 5) is 38.5. The smallest absolute Gasteiger partial charge is 0.348 e. The van der Waals surface area contributed by atoms with Crippen molar-refractivity contribution in [3.05, 3.63) is 50.2 Å². The van der Waals surface area contributed by atoms with Crippen LogP contribution < -0.4 is 5.32 Å². The molecule has 158 valence electrons. The minimum absolute atomic E-state index is 0.142. The Morgan fingerprint density at radius 2 is 1.80 bits per heavy atom. The second-order valence-corrected chi connectivity index (χ2v) is 9.08. The summed E-state index contributed by atoms with van der Waals surface area (Å²) in [5, 5.41) is 4.08. The molecule has 0 radical (unpaired) electrons. The summed E-state index contributed by atoms with van der Waals surface area (Å²) in [5.74, 6) is -1.64. The van der Waals surface area contributed by atoms with Crippen molar-refractivity contribution in [2.24, 2.45) is 0 Å². The number of anilines is 1. The second-order valence-electron chi connectivity index (χ2n) is 6.63. The topological polar surface area (TPSA) is 81.7 Å². The third-order valence-electron chi connectivity index (χ3n) is 4.12. The molecule has 30 heavy (non-hydrogen) atoms. The van der Waals surface area contributed by atoms with Gasteiger partial charge in [0.2, 0.25) is 0 Å². The van der Waals surface area contributed by atoms with E-state index in [1.807, 2.05) is 24.3 Å². The van der Waals surface area contributed by atoms with Gasteiger partial charge in [-0.15, -0.1) is 22.7 Å². The van der Waals surface area contributed by atoms with Gasteiger partial charge in [0.25, 0.3) is 5.91 Å². The van der Waals surface area contributed by atoms with Crippen molar-refractivity contribution >= 4 is 67.2 Å². The highest BCUT2D eigenvalue weighted by Crippen LogP contribution is 2.38. The van der Waals surface area contributed by atoms with Crippen LogP contribution in [-0.4, -0.2) is 30.6 Å². The number of hydrogen-bond donors (Lipinski definition) is 1. The average molecular weight is 466 g/mol. The Balaban J connectivity index is 2.00. The van der Waals surface area contributed by atoms with Gasteiger partial charge < -0.3 is 14.8 Å². The largest absolute Gasteiger partial charge is 0.462 e. The SMILES string of the molecule is CCOC(=O)c1c(NC(=O)c2sc3ccccc3c2Cl)sc(C(=O)OC(C)C)c1C. The molecule has 0 bridgehead atoms. The van der Waals surface area contributed by atoms with Crippen molar-refractivity contribution in [3.63, 3.8) is 0 Å². The van der Waals surface area contributed by atoms with Crippen LogP contribution in [0.2, 0.25) is 5.02 Å². The maximum absolute atomic E-state index is 13.0. The number of carbonyl (C=O) groups excluding carboxylic acids is 3. The molecule has 1 amide bonds. The molecule has 0 atom stereocenters. The number of esters is 2. The Morgan fingerprint density at radius 1 is 1.10 bits per heavy atom. The lowest BCUT2D eigenvalue weighted by Gasteiger charge is -2.07. The molecule has 3 aromatic rings. The zero-order chi connectivity index (χ0) is 22.0. The van der Waals surface area contributed by atoms with Crippen LogP contribution in [0.5, 0.6) is 0 Å². The average Bonchev–Trinajstić information content (AvgIpc) is 3.19. The maximum atomic E-state index is 13.0. The molecule has 9 heteroatoms. The Labute approximate surface area is 186 Å². The number of halogens is 1. The van der Waals surface area contributed by atoms with Gasteiger partial charge in [0, 0.05) is 10.1 Å². The standard InChI is InChI=1S/C21H20ClNO5S2/c1-5-27-20(25)14-11(4)16(21(26)28-10(2)3)30-19(14)23-18(24)17-15(22)12-8-6-7-9-13(12)29-17/h6-10H,5H2,1-4H3,(H,23,24). The van der Waals surface area contributed by atoms with Crippen LogP contribution in [0.15, 0.2) is 24.3 Å². The molecule has 1 N–H and O–H groups in total. The first-order valence-corrected chi connectivity index (χ1v) is 11.3. The molecule has 2 aromatic heterocycles. The molecule has 3 rings (SSSR count). The van der Waals surface area contributed by atoms with Gasteiger partial charge in [-0.1, -0.05) is 29.8 Å². The van der Waals surface area contributed by atoms with Crippen LogP contribution in [0.4, 0.5) is 5.00 Å². The number of hydrogen-bond acceptors (Lipinski definition) is 7. The van der Waals surface area contributed by atoms with Gasteiger partial charge in [-0.25, -0.2) is 9.59 Å². The van der Waals surface area contributed by atoms with Crippen LogP contribution >= 0.6 is 34.3 Å². The number of rotatable bonds is 6. The first-order chi connectivity index (χ1) is 14.2. The van der Waals surface area contributed by atoms with E-state index in [1.54, 1.807) is 27.7 Å². The van der Waals surface area contributed by atoms with Gasteiger partial charge in [0.1, 0.15) is 14.8 Å². The van der Waals surface area contributed by atoms with Crippen LogP contribution in [0.1, 0.15) is 56.0 Å². The number of carbonyl (C=O) groups is 3. The highest BCUT2D eigenvalue weighted by molar-refractivity contribution is 7.22. The Bertz CT molecular complexity index is 1130. The molecule has 0 aliphatic carbocycles. The predicted molar refractivity (Wildman–Crippen MR) is 120 cm³/mol. The Morgan fingerprint density at radius 3 is 2.43 bits per heavy atom. The first-order valence-electron chi connectivity index (χ1n) is 9.24. The molecular weight excluding hydrogens is 446 g/mol. The first kappa shape index (κ1) is 22.3. The number of fused-ring (bicyclic) bond motifs is 1. The van der Waals surface area contributed by atoms with E-state index in [0.717, 1.165) is 21.4 Å². The Kier molecular flexibility index (Phi) is 6.80. The van der Waals surface area contributed by atoms with E-state index in [-0.39, 0.29) is 28.2 Å². The number of ether oxygens (including phenoxy) is 2. The van der Waals surface area contributed by atoms with Gasteiger partial charge in [-0.2, -0.15) is 0 Å². The van der Waals surface area contributed by atoms with E-state index in [0.29, 0.717) is 15.5 Å². The molecule has 6 nitrogen and oxygen atoms in total. The molecule has 0 spiro atoms. The highest BCUT2D eigenvalue weighted by Gasteiger charge is 2.29. The molecule has 0 unspecified atom stereocenters. The lowest BCUT2D eigenvalue weighted by atomic mass is 10.1. The number of thiophene rings is 2. The van der Waals surface area contributed by atoms with E-state index >= 15 is 0 Å². The minimum Gasteiger partial charge on any atom is -0.462 e. The van der Waals surface area contributed by atoms with Gasteiger partial charge in [-0.3, -0.25) is 4.79 Å². The van der Waals surface area contributed by atoms with Gasteiger partial charge in [0.05, 0.1) is 23.3 Å². The fraction of sp³-hybridized carbons (Fsp3) is 0.286. The van der Waals surface area contributed by atoms with E-state index in [4.69, 9.17) is 21.1 Å². The van der Waals surface area contributed by atoms with Crippen molar-refractivity contribution in [1.29, 1.82) is 0 Å². The molecule has 0 aliphatic rings. The fourth-order valence-corrected chi connectivity index (χ4v) is 5.32. The maximum Gasteiger partial charge on any atom is 0.348 e. The molecule has 0 saturated heterocycles. The summed E-state index contributed by atoms with van der Waals surface area (Å²) in [6.45, 7) is 6.94. The summed E-state index contributed by atoms with van der Waals surface area (Å²) in [7, 11) is 0. The third-order valence-corrected chi connectivity index (χ3v) is 6.98. The quantitative estimate of drug-likeness (QED) is 0.457. The Hall–Kier alpha value is -2.42. The monoisotopic (exact) mass is 465 g/mol. The summed E-state index contributed by atoms with van der Waals surface area (Å²) in [6.07, 6.45) is -0.319. The minimum atomic E-state index is -0.618. The van der Waals surface area contributed by atoms with Crippen LogP contribution in [0.25, 0.3) is 10.1 Å². The third kappa shape index (κ3) is 4.35. The second kappa shape index (κ2) is 9.16. The summed E-state index contributed by atoms with van der Waals surface area (Å²) >= 11 is 8.64. The van der Waals surface area contributed by atoms with Crippen LogP contribution in [0, 0.1) is 6.92 Å². The summed E-state index contributed by atoms with van der Waals surface area (Å²) in [5.41, 5.74) is 0.546. The number of nitrogens with one attached hydrogen (secondary N) is 1. The van der Waals surface area contributed by atoms with Crippen molar-refractivity contribution in [2.75, 3.05) is 11.9 Å². The van der Waals surface area contributed by atoms with E-state index in [9.17, 15) is 14.4 Å². The lowest BCUT2D eigenvalue weighted by Crippen LogP contribution is -2.14. The molecule has 0 aliphatic heterocycles. The van der Waals surface area contributed by atoms with E-state index in [2.05, 4.69) is 5.32 Å². The van der Waals surface area contributed by atoms with E-state index < -0.39 is 17.8 Å². The van der Waals surface area contributed by atoms with E-state index in [1.165, 1.54) is 11.3 Å². The van der Waals surface area contributed by atoms with Crippen molar-refractivity contribution < 1.29 is 23.9 Å². The predicted octanol–water partition coefficient (Wildman–Crippen LogP) is 5.92. The van der Waals surface area contributed by atoms with Crippen molar-refractivity contribution in [1.82, 2.24) is 0 Å². The molecule has 0 saturated carbocycles. The van der Waals surface area contributed by atoms with Gasteiger partial charge >= 0.3 is 11.9 Å². The number of amides is 1. The van der Waals surface area contributed by atoms with Gasteiger partial charge in [-0.05, 0) is 39.3 Å². The van der Waals surface area contributed by atoms with Gasteiger partial charge in [0.15, 0.2) is 0 Å². The fourth-order valence-electron chi connectivity index (χ4n) is 2.83. The summed E-state index contributed by atoms with van der Waals surface area (Å²) < 4.78 is 11.3. The molecule has 1 aromatic carbocycles. The number of benzene rings is 1. The van der Waals surface area contributed by atoms with Crippen molar-refractivity contribution in [3.8, 4) is 0 Å². The lowest BCUT2D eigenvalue weighted by molar-refractivity contribution is 0.0383. The molecule has 0 fully saturated rings. The van der Waals surface area contributed by atoms with Crippen LogP contribution in [-0.2, 0) is 9.47 Å².